The molecule has 5 nitrogen and oxygen atoms in total. The van der Waals surface area contributed by atoms with Crippen molar-refractivity contribution in [2.75, 3.05) is 19.8 Å². The summed E-state index contributed by atoms with van der Waals surface area (Å²) in [5.41, 5.74) is 0.184. The fourth-order valence-corrected chi connectivity index (χ4v) is 3.38. The summed E-state index contributed by atoms with van der Waals surface area (Å²) in [6.45, 7) is 13.8. The molecule has 0 spiro atoms. The second-order valence-electron chi connectivity index (χ2n) is 8.31. The largest absolute Gasteiger partial charge is 0.474 e. The van der Waals surface area contributed by atoms with Crippen LogP contribution in [0.5, 0.6) is 0 Å². The lowest BCUT2D eigenvalue weighted by molar-refractivity contribution is -0.137. The van der Waals surface area contributed by atoms with Gasteiger partial charge in [0.15, 0.2) is 8.32 Å². The first kappa shape index (κ1) is 21.4. The van der Waals surface area contributed by atoms with Crippen LogP contribution in [0.4, 0.5) is 0 Å². The van der Waals surface area contributed by atoms with Gasteiger partial charge < -0.3 is 13.9 Å². The van der Waals surface area contributed by atoms with Gasteiger partial charge >= 0.3 is 5.97 Å². The molecule has 0 unspecified atom stereocenters. The van der Waals surface area contributed by atoms with Gasteiger partial charge in [-0.2, -0.15) is 0 Å². The zero-order chi connectivity index (χ0) is 20.1. The van der Waals surface area contributed by atoms with E-state index in [1.54, 1.807) is 13.0 Å². The van der Waals surface area contributed by atoms with Crippen LogP contribution in [0, 0.1) is 0 Å². The molecule has 0 radical (unpaired) electrons. The van der Waals surface area contributed by atoms with E-state index in [0.29, 0.717) is 25.7 Å². The maximum Gasteiger partial charge on any atom is 0.330 e. The van der Waals surface area contributed by atoms with Crippen molar-refractivity contribution < 1.29 is 18.7 Å². The van der Waals surface area contributed by atoms with Crippen LogP contribution in [-0.2, 0) is 18.7 Å². The Balaban J connectivity index is 2.28. The number of hydrogen-bond acceptors (Lipinski definition) is 5. The van der Waals surface area contributed by atoms with Gasteiger partial charge in [0.25, 0.3) is 0 Å². The monoisotopic (exact) mass is 389 g/mol. The summed E-state index contributed by atoms with van der Waals surface area (Å²) in [7, 11) is -1.97. The summed E-state index contributed by atoms with van der Waals surface area (Å²) in [6.07, 6.45) is 3.19. The van der Waals surface area contributed by atoms with Crippen molar-refractivity contribution in [2.24, 2.45) is 4.99 Å². The van der Waals surface area contributed by atoms with E-state index >= 15 is 0 Å². The zero-order valence-electron chi connectivity index (χ0n) is 17.2. The van der Waals surface area contributed by atoms with E-state index < -0.39 is 13.9 Å². The van der Waals surface area contributed by atoms with E-state index in [2.05, 4.69) is 33.9 Å². The van der Waals surface area contributed by atoms with Gasteiger partial charge in [-0.1, -0.05) is 39.0 Å². The Morgan fingerprint density at radius 1 is 1.30 bits per heavy atom. The molecule has 148 valence electrons. The van der Waals surface area contributed by atoms with Crippen molar-refractivity contribution in [3.05, 3.63) is 48.0 Å². The fraction of sp³-hybridized carbons (Fsp3) is 0.524. The summed E-state index contributed by atoms with van der Waals surface area (Å²) in [6, 6.07) is 9.76. The molecule has 1 aromatic carbocycles. The third-order valence-corrected chi connectivity index (χ3v) is 9.59. The number of ether oxygens (including phenoxy) is 2. The van der Waals surface area contributed by atoms with Crippen LogP contribution in [0.2, 0.25) is 18.1 Å². The van der Waals surface area contributed by atoms with Gasteiger partial charge in [-0.25, -0.2) is 9.79 Å². The zero-order valence-corrected chi connectivity index (χ0v) is 18.2. The van der Waals surface area contributed by atoms with Crippen LogP contribution in [0.15, 0.2) is 47.5 Å². The SMILES string of the molecule is CCOC(=O)/C=C/[C@@]1(CO[Si](C)(C)C(C)(C)C)COC(c2ccccc2)=N1. The molecule has 0 fully saturated rings. The standard InChI is InChI=1S/C21H31NO4Si/c1-7-24-18(23)13-14-21(16-26-27(5,6)20(2,3)4)15-25-19(22-21)17-11-9-8-10-12-17/h8-14H,7,15-16H2,1-6H3/b14-13+/t21-/m0/s1. The van der Waals surface area contributed by atoms with E-state index in [9.17, 15) is 4.79 Å². The number of nitrogens with zero attached hydrogens (tertiary/aromatic N) is 1. The maximum atomic E-state index is 11.8. The van der Waals surface area contributed by atoms with E-state index in [0.717, 1.165) is 5.56 Å². The van der Waals surface area contributed by atoms with Gasteiger partial charge in [-0.3, -0.25) is 0 Å². The number of aliphatic imine (C=N–C) groups is 1. The molecular weight excluding hydrogens is 358 g/mol. The second-order valence-corrected chi connectivity index (χ2v) is 13.1. The highest BCUT2D eigenvalue weighted by atomic mass is 28.4. The molecule has 1 atom stereocenters. The van der Waals surface area contributed by atoms with Crippen molar-refractivity contribution in [2.45, 2.75) is 51.4 Å². The lowest BCUT2D eigenvalue weighted by Crippen LogP contribution is -2.45. The van der Waals surface area contributed by atoms with Gasteiger partial charge in [-0.05, 0) is 43.3 Å². The number of esters is 1. The highest BCUT2D eigenvalue weighted by Gasteiger charge is 2.42. The molecule has 0 amide bonds. The fourth-order valence-electron chi connectivity index (χ4n) is 2.33. The lowest BCUT2D eigenvalue weighted by atomic mass is 10.0. The maximum absolute atomic E-state index is 11.8. The molecule has 27 heavy (non-hydrogen) atoms. The topological polar surface area (TPSA) is 57.1 Å². The molecule has 1 aliphatic heterocycles. The van der Waals surface area contributed by atoms with Crippen molar-refractivity contribution in [1.82, 2.24) is 0 Å². The van der Waals surface area contributed by atoms with Crippen molar-refractivity contribution in [1.29, 1.82) is 0 Å². The highest BCUT2D eigenvalue weighted by molar-refractivity contribution is 6.74. The van der Waals surface area contributed by atoms with Crippen LogP contribution in [0.1, 0.15) is 33.3 Å². The van der Waals surface area contributed by atoms with Crippen molar-refractivity contribution in [3.8, 4) is 0 Å². The summed E-state index contributed by atoms with van der Waals surface area (Å²) in [5.74, 6) is 0.190. The molecule has 6 heteroatoms. The summed E-state index contributed by atoms with van der Waals surface area (Å²) in [4.78, 5) is 16.6. The normalized spacial score (nSPS) is 20.4. The quantitative estimate of drug-likeness (QED) is 0.395. The number of hydrogen-bond donors (Lipinski definition) is 0. The van der Waals surface area contributed by atoms with E-state index in [-0.39, 0.29) is 11.0 Å². The Labute approximate surface area is 163 Å². The first-order valence-corrected chi connectivity index (χ1v) is 12.3. The van der Waals surface area contributed by atoms with Crippen LogP contribution in [-0.4, -0.2) is 45.5 Å². The van der Waals surface area contributed by atoms with Gasteiger partial charge in [0.1, 0.15) is 12.1 Å². The molecule has 2 rings (SSSR count). The molecule has 1 aromatic rings. The molecule has 1 heterocycles. The van der Waals surface area contributed by atoms with Gasteiger partial charge in [0, 0.05) is 11.6 Å². The summed E-state index contributed by atoms with van der Waals surface area (Å²) >= 11 is 0. The van der Waals surface area contributed by atoms with Gasteiger partial charge in [0.05, 0.1) is 13.2 Å². The Hall–Kier alpha value is -1.92. The van der Waals surface area contributed by atoms with Gasteiger partial charge in [-0.15, -0.1) is 0 Å². The molecule has 0 saturated carbocycles. The Bertz CT molecular complexity index is 707. The molecule has 0 aromatic heterocycles. The van der Waals surface area contributed by atoms with E-state index in [1.165, 1.54) is 6.08 Å². The Morgan fingerprint density at radius 2 is 1.96 bits per heavy atom. The molecule has 0 aliphatic carbocycles. The minimum absolute atomic E-state index is 0.0878. The third kappa shape index (κ3) is 5.53. The highest BCUT2D eigenvalue weighted by Crippen LogP contribution is 2.38. The smallest absolute Gasteiger partial charge is 0.330 e. The molecule has 0 saturated heterocycles. The number of rotatable bonds is 7. The summed E-state index contributed by atoms with van der Waals surface area (Å²) < 4.78 is 17.3. The Morgan fingerprint density at radius 3 is 2.56 bits per heavy atom. The number of benzene rings is 1. The minimum Gasteiger partial charge on any atom is -0.474 e. The van der Waals surface area contributed by atoms with Crippen LogP contribution >= 0.6 is 0 Å². The summed E-state index contributed by atoms with van der Waals surface area (Å²) in [5, 5.41) is 0.0878. The predicted octanol–water partition coefficient (Wildman–Crippen LogP) is 4.34. The second kappa shape index (κ2) is 8.40. The van der Waals surface area contributed by atoms with E-state index in [4.69, 9.17) is 18.9 Å². The minimum atomic E-state index is -1.97. The third-order valence-electron chi connectivity index (χ3n) is 5.11. The molecule has 0 bridgehead atoms. The molecule has 1 aliphatic rings. The van der Waals surface area contributed by atoms with E-state index in [1.807, 2.05) is 30.3 Å². The first-order chi connectivity index (χ1) is 12.6. The Kier molecular flexibility index (Phi) is 6.65. The van der Waals surface area contributed by atoms with Crippen molar-refractivity contribution in [3.63, 3.8) is 0 Å². The average Bonchev–Trinajstić information content (AvgIpc) is 3.04. The lowest BCUT2D eigenvalue weighted by Gasteiger charge is -2.38. The first-order valence-electron chi connectivity index (χ1n) is 9.37. The molecule has 0 N–H and O–H groups in total. The van der Waals surface area contributed by atoms with Gasteiger partial charge in [0.2, 0.25) is 5.90 Å². The van der Waals surface area contributed by atoms with Crippen LogP contribution < -0.4 is 0 Å². The van der Waals surface area contributed by atoms with Crippen molar-refractivity contribution >= 4 is 20.2 Å². The average molecular weight is 390 g/mol. The van der Waals surface area contributed by atoms with Crippen LogP contribution in [0.3, 0.4) is 0 Å². The predicted molar refractivity (Wildman–Crippen MR) is 111 cm³/mol. The number of carbonyl (C=O) groups excluding carboxylic acids is 1. The molecular formula is C21H31NO4Si. The van der Waals surface area contributed by atoms with Crippen LogP contribution in [0.25, 0.3) is 0 Å². The number of carbonyl (C=O) groups is 1.